The molecule has 10 nitrogen and oxygen atoms in total. The number of ether oxygens (including phenoxy) is 2. The first-order valence-electron chi connectivity index (χ1n) is 19.7. The minimum atomic E-state index is -5.57. The molecule has 0 bridgehead atoms. The van der Waals surface area contributed by atoms with Gasteiger partial charge in [0.05, 0.1) is 36.8 Å². The maximum Gasteiger partial charge on any atom is 0.516 e. The summed E-state index contributed by atoms with van der Waals surface area (Å²) in [6.45, 7) is 0.545. The molecule has 0 amide bonds. The highest BCUT2D eigenvalue weighted by Gasteiger charge is 2.47. The largest absolute Gasteiger partial charge is 0.516 e. The number of anilines is 2. The fourth-order valence-corrected chi connectivity index (χ4v) is 8.62. The zero-order valence-electron chi connectivity index (χ0n) is 33.4. The molecule has 0 spiro atoms. The number of hydrogen-bond acceptors (Lipinski definition) is 8. The number of hydrogen-bond donors (Lipinski definition) is 4. The van der Waals surface area contributed by atoms with Crippen LogP contribution < -0.4 is 18.9 Å². The SMILES string of the molecule is O=S(=O)(Nc1ccccc1-c1ccc2c(c1)OCC(Cc1ccccc1)C2O)C(F)(F)F.O=S(=O)(Nc1ccccc1-c1ccc2c(c1)OCC(Cc1ccccc1)C2O)C(F)(F)F. The lowest BCUT2D eigenvalue weighted by molar-refractivity contribution is -0.0435. The molecular weight excluding hydrogens is 887 g/mol. The van der Waals surface area contributed by atoms with Crippen molar-refractivity contribution in [3.05, 3.63) is 168 Å². The summed E-state index contributed by atoms with van der Waals surface area (Å²) in [4.78, 5) is 0. The lowest BCUT2D eigenvalue weighted by Gasteiger charge is -2.31. The van der Waals surface area contributed by atoms with Gasteiger partial charge in [0.1, 0.15) is 11.5 Å². The normalized spacial score (nSPS) is 18.5. The van der Waals surface area contributed by atoms with Gasteiger partial charge in [-0.15, -0.1) is 0 Å². The summed E-state index contributed by atoms with van der Waals surface area (Å²) in [7, 11) is -11.1. The van der Waals surface area contributed by atoms with Crippen LogP contribution in [0.2, 0.25) is 0 Å². The third-order valence-corrected chi connectivity index (χ3v) is 12.9. The van der Waals surface area contributed by atoms with Gasteiger partial charge in [-0.05, 0) is 59.4 Å². The number of sulfonamides is 2. The van der Waals surface area contributed by atoms with Gasteiger partial charge in [0.2, 0.25) is 0 Å². The van der Waals surface area contributed by atoms with Crippen molar-refractivity contribution in [3.8, 4) is 33.8 Å². The number of para-hydroxylation sites is 2. The van der Waals surface area contributed by atoms with Crippen molar-refractivity contribution in [2.75, 3.05) is 22.7 Å². The molecule has 0 radical (unpaired) electrons. The van der Waals surface area contributed by atoms with Gasteiger partial charge in [0.15, 0.2) is 0 Å². The van der Waals surface area contributed by atoms with Gasteiger partial charge in [-0.3, -0.25) is 9.44 Å². The van der Waals surface area contributed by atoms with Crippen LogP contribution in [-0.4, -0.2) is 51.3 Å². The molecule has 4 unspecified atom stereocenters. The number of halogens is 6. The Balaban J connectivity index is 0.000000191. The highest BCUT2D eigenvalue weighted by atomic mass is 32.2. The summed E-state index contributed by atoms with van der Waals surface area (Å²) in [5, 5.41) is 21.7. The molecule has 0 saturated heterocycles. The lowest BCUT2D eigenvalue weighted by Crippen LogP contribution is -2.30. The standard InChI is InChI=1S/2C23H20F3NO4S/c2*24-23(25,26)32(29,30)27-20-9-5-4-8-18(20)16-10-11-19-21(13-16)31-14-17(22(19)28)12-15-6-2-1-3-7-15/h2*1-11,13,17,22,27-28H,12,14H2. The molecule has 0 aromatic heterocycles. The van der Waals surface area contributed by atoms with Gasteiger partial charge in [-0.1, -0.05) is 121 Å². The van der Waals surface area contributed by atoms with Crippen molar-refractivity contribution in [1.29, 1.82) is 0 Å². The van der Waals surface area contributed by atoms with Crippen LogP contribution in [0, 0.1) is 11.8 Å². The Bertz CT molecular complexity index is 2620. The van der Waals surface area contributed by atoms with Gasteiger partial charge >= 0.3 is 31.1 Å². The van der Waals surface area contributed by atoms with E-state index in [4.69, 9.17) is 9.47 Å². The number of nitrogens with one attached hydrogen (secondary N) is 2. The fourth-order valence-electron chi connectivity index (χ4n) is 7.45. The molecular formula is C46H40F6N2O8S2. The second-order valence-electron chi connectivity index (χ2n) is 15.1. The molecule has 6 aromatic carbocycles. The summed E-state index contributed by atoms with van der Waals surface area (Å²) in [6.07, 6.45) is -0.282. The lowest BCUT2D eigenvalue weighted by atomic mass is 9.87. The maximum atomic E-state index is 12.8. The van der Waals surface area contributed by atoms with E-state index in [1.807, 2.05) is 60.7 Å². The zero-order valence-corrected chi connectivity index (χ0v) is 35.1. The molecule has 6 aromatic rings. The maximum absolute atomic E-state index is 12.8. The molecule has 4 N–H and O–H groups in total. The number of rotatable bonds is 10. The number of aliphatic hydroxyl groups excluding tert-OH is 2. The second kappa shape index (κ2) is 18.6. The molecule has 2 aliphatic heterocycles. The van der Waals surface area contributed by atoms with Gasteiger partial charge in [0.25, 0.3) is 0 Å². The molecule has 18 heteroatoms. The van der Waals surface area contributed by atoms with Crippen LogP contribution in [0.1, 0.15) is 34.5 Å². The predicted molar refractivity (Wildman–Crippen MR) is 229 cm³/mol. The quantitative estimate of drug-likeness (QED) is 0.0992. The predicted octanol–water partition coefficient (Wildman–Crippen LogP) is 9.80. The Morgan fingerprint density at radius 2 is 0.844 bits per heavy atom. The van der Waals surface area contributed by atoms with E-state index in [9.17, 15) is 53.4 Å². The van der Waals surface area contributed by atoms with E-state index in [1.165, 1.54) is 36.4 Å². The van der Waals surface area contributed by atoms with Gasteiger partial charge < -0.3 is 19.7 Å². The van der Waals surface area contributed by atoms with Crippen LogP contribution in [0.3, 0.4) is 0 Å². The highest BCUT2D eigenvalue weighted by Crippen LogP contribution is 2.43. The first kappa shape index (κ1) is 45.9. The number of alkyl halides is 6. The van der Waals surface area contributed by atoms with Crippen molar-refractivity contribution >= 4 is 31.4 Å². The van der Waals surface area contributed by atoms with Crippen LogP contribution in [0.25, 0.3) is 22.3 Å². The minimum absolute atomic E-state index is 0.151. The molecule has 0 fully saturated rings. The van der Waals surface area contributed by atoms with Crippen molar-refractivity contribution in [1.82, 2.24) is 0 Å². The Labute approximate surface area is 365 Å². The smallest absolute Gasteiger partial charge is 0.493 e. The monoisotopic (exact) mass is 926 g/mol. The van der Waals surface area contributed by atoms with E-state index in [0.717, 1.165) is 11.1 Å². The molecule has 8 rings (SSSR count). The summed E-state index contributed by atoms with van der Waals surface area (Å²) in [5.41, 5.74) is -6.54. The molecule has 0 saturated carbocycles. The van der Waals surface area contributed by atoms with E-state index in [2.05, 4.69) is 0 Å². The van der Waals surface area contributed by atoms with Crippen LogP contribution >= 0.6 is 0 Å². The van der Waals surface area contributed by atoms with Crippen molar-refractivity contribution in [2.24, 2.45) is 11.8 Å². The molecule has 4 atom stereocenters. The van der Waals surface area contributed by atoms with E-state index in [0.29, 0.717) is 46.6 Å². The molecule has 64 heavy (non-hydrogen) atoms. The number of benzene rings is 6. The molecule has 2 heterocycles. The number of fused-ring (bicyclic) bond motifs is 2. The average molecular weight is 927 g/mol. The minimum Gasteiger partial charge on any atom is -0.493 e. The van der Waals surface area contributed by atoms with E-state index in [-0.39, 0.29) is 47.6 Å². The third-order valence-electron chi connectivity index (χ3n) is 10.7. The van der Waals surface area contributed by atoms with E-state index in [1.54, 1.807) is 58.0 Å². The molecule has 0 aliphatic carbocycles. The first-order chi connectivity index (χ1) is 30.3. The Morgan fingerprint density at radius 1 is 0.500 bits per heavy atom. The number of aliphatic hydroxyl groups is 2. The summed E-state index contributed by atoms with van der Waals surface area (Å²) >= 11 is 0. The van der Waals surface area contributed by atoms with E-state index < -0.39 is 43.3 Å². The van der Waals surface area contributed by atoms with Crippen LogP contribution in [0.5, 0.6) is 11.5 Å². The Hall–Kier alpha value is -6.08. The first-order valence-corrected chi connectivity index (χ1v) is 22.6. The van der Waals surface area contributed by atoms with Crippen LogP contribution in [0.15, 0.2) is 146 Å². The van der Waals surface area contributed by atoms with Gasteiger partial charge in [0, 0.05) is 34.1 Å². The van der Waals surface area contributed by atoms with E-state index >= 15 is 0 Å². The highest BCUT2D eigenvalue weighted by molar-refractivity contribution is 7.93. The summed E-state index contributed by atoms with van der Waals surface area (Å²) in [6, 6.07) is 40.8. The third kappa shape index (κ3) is 10.3. The summed E-state index contributed by atoms with van der Waals surface area (Å²) in [5.74, 6) is 0.517. The Morgan fingerprint density at radius 3 is 1.20 bits per heavy atom. The topological polar surface area (TPSA) is 151 Å². The van der Waals surface area contributed by atoms with Gasteiger partial charge in [-0.25, -0.2) is 0 Å². The second-order valence-corrected chi connectivity index (χ2v) is 18.5. The van der Waals surface area contributed by atoms with Crippen LogP contribution in [-0.2, 0) is 32.9 Å². The zero-order chi connectivity index (χ0) is 45.9. The van der Waals surface area contributed by atoms with Gasteiger partial charge in [-0.2, -0.15) is 43.2 Å². The Kier molecular flexibility index (Phi) is 13.3. The molecule has 2 aliphatic rings. The fraction of sp³-hybridized carbons (Fsp3) is 0.217. The van der Waals surface area contributed by atoms with Crippen molar-refractivity contribution in [2.45, 2.75) is 36.1 Å². The van der Waals surface area contributed by atoms with Crippen molar-refractivity contribution < 1.29 is 62.9 Å². The summed E-state index contributed by atoms with van der Waals surface area (Å²) < 4.78 is 138. The molecule has 336 valence electrons. The average Bonchev–Trinajstić information content (AvgIpc) is 3.26. The van der Waals surface area contributed by atoms with Crippen LogP contribution in [0.4, 0.5) is 37.7 Å². The van der Waals surface area contributed by atoms with Crippen molar-refractivity contribution in [3.63, 3.8) is 0 Å².